The molecule has 0 amide bonds. The summed E-state index contributed by atoms with van der Waals surface area (Å²) in [5.41, 5.74) is 1.07. The molecule has 0 saturated carbocycles. The molecule has 2 heterocycles. The number of nitrogens with one attached hydrogen (secondary N) is 1. The Labute approximate surface area is 116 Å². The lowest BCUT2D eigenvalue weighted by atomic mass is 10.1. The van der Waals surface area contributed by atoms with Gasteiger partial charge in [-0.1, -0.05) is 6.07 Å². The van der Waals surface area contributed by atoms with Crippen molar-refractivity contribution in [3.8, 4) is 17.4 Å². The maximum absolute atomic E-state index is 5.37. The van der Waals surface area contributed by atoms with E-state index in [1.54, 1.807) is 19.4 Å². The Kier molecular flexibility index (Phi) is 3.28. The Hall–Kier alpha value is -2.50. The number of anilines is 1. The van der Waals surface area contributed by atoms with Crippen molar-refractivity contribution in [3.63, 3.8) is 0 Å². The molecule has 3 rings (SSSR count). The van der Waals surface area contributed by atoms with Crippen molar-refractivity contribution < 1.29 is 14.2 Å². The summed E-state index contributed by atoms with van der Waals surface area (Å²) in [5.74, 6) is 2.59. The predicted molar refractivity (Wildman–Crippen MR) is 73.2 cm³/mol. The molecule has 0 aliphatic carbocycles. The first-order valence-electron chi connectivity index (χ1n) is 6.29. The predicted octanol–water partition coefficient (Wildman–Crippen LogP) is 2.39. The zero-order valence-corrected chi connectivity index (χ0v) is 11.3. The summed E-state index contributed by atoms with van der Waals surface area (Å²) in [4.78, 5) is 8.40. The van der Waals surface area contributed by atoms with Crippen molar-refractivity contribution in [2.45, 2.75) is 13.0 Å². The first-order valence-corrected chi connectivity index (χ1v) is 6.29. The number of hydrogen-bond donors (Lipinski definition) is 1. The summed E-state index contributed by atoms with van der Waals surface area (Å²) in [5, 5.41) is 3.23. The van der Waals surface area contributed by atoms with Crippen LogP contribution in [-0.4, -0.2) is 23.9 Å². The fourth-order valence-electron chi connectivity index (χ4n) is 1.98. The average molecular weight is 273 g/mol. The van der Waals surface area contributed by atoms with Gasteiger partial charge in [-0.15, -0.1) is 0 Å². The molecule has 0 spiro atoms. The molecule has 1 aromatic carbocycles. The van der Waals surface area contributed by atoms with Crippen LogP contribution in [0.1, 0.15) is 18.5 Å². The van der Waals surface area contributed by atoms with E-state index in [1.807, 2.05) is 25.1 Å². The van der Waals surface area contributed by atoms with E-state index >= 15 is 0 Å². The van der Waals surface area contributed by atoms with Gasteiger partial charge in [-0.05, 0) is 24.6 Å². The SMILES string of the molecule is COc1ccnc(NC(C)c2ccc3c(c2)OCO3)n1. The van der Waals surface area contributed by atoms with Crippen LogP contribution in [0.4, 0.5) is 5.95 Å². The summed E-state index contributed by atoms with van der Waals surface area (Å²) < 4.78 is 15.7. The van der Waals surface area contributed by atoms with E-state index in [-0.39, 0.29) is 12.8 Å². The normalized spacial score (nSPS) is 13.9. The topological polar surface area (TPSA) is 65.5 Å². The Bertz CT molecular complexity index is 618. The number of aromatic nitrogens is 2. The van der Waals surface area contributed by atoms with E-state index in [2.05, 4.69) is 15.3 Å². The monoisotopic (exact) mass is 273 g/mol. The standard InChI is InChI=1S/C14H15N3O3/c1-9(16-14-15-6-5-13(17-14)18-2)10-3-4-11-12(7-10)20-8-19-11/h3-7,9H,8H2,1-2H3,(H,15,16,17). The minimum Gasteiger partial charge on any atom is -0.481 e. The van der Waals surface area contributed by atoms with Crippen LogP contribution in [0, 0.1) is 0 Å². The quantitative estimate of drug-likeness (QED) is 0.922. The highest BCUT2D eigenvalue weighted by molar-refractivity contribution is 5.46. The third-order valence-corrected chi connectivity index (χ3v) is 3.08. The molecule has 0 fully saturated rings. The number of benzene rings is 1. The largest absolute Gasteiger partial charge is 0.481 e. The van der Waals surface area contributed by atoms with Gasteiger partial charge >= 0.3 is 0 Å². The van der Waals surface area contributed by atoms with Gasteiger partial charge in [0.15, 0.2) is 11.5 Å². The first-order chi connectivity index (χ1) is 9.76. The van der Waals surface area contributed by atoms with Crippen molar-refractivity contribution >= 4 is 5.95 Å². The molecule has 0 radical (unpaired) electrons. The number of fused-ring (bicyclic) bond motifs is 1. The molecular weight excluding hydrogens is 258 g/mol. The summed E-state index contributed by atoms with van der Waals surface area (Å²) >= 11 is 0. The molecule has 6 nitrogen and oxygen atoms in total. The number of hydrogen-bond acceptors (Lipinski definition) is 6. The van der Waals surface area contributed by atoms with Crippen LogP contribution in [-0.2, 0) is 0 Å². The van der Waals surface area contributed by atoms with E-state index < -0.39 is 0 Å². The average Bonchev–Trinajstić information content (AvgIpc) is 2.94. The Morgan fingerprint density at radius 3 is 2.95 bits per heavy atom. The highest BCUT2D eigenvalue weighted by Gasteiger charge is 2.16. The van der Waals surface area contributed by atoms with Crippen LogP contribution in [0.25, 0.3) is 0 Å². The zero-order valence-electron chi connectivity index (χ0n) is 11.3. The van der Waals surface area contributed by atoms with Crippen LogP contribution in [0.5, 0.6) is 17.4 Å². The molecule has 1 aromatic heterocycles. The maximum Gasteiger partial charge on any atom is 0.231 e. The van der Waals surface area contributed by atoms with Gasteiger partial charge in [0.25, 0.3) is 0 Å². The summed E-state index contributed by atoms with van der Waals surface area (Å²) in [6.45, 7) is 2.31. The molecule has 104 valence electrons. The third-order valence-electron chi connectivity index (χ3n) is 3.08. The van der Waals surface area contributed by atoms with Gasteiger partial charge in [0.05, 0.1) is 13.2 Å². The molecule has 2 aromatic rings. The van der Waals surface area contributed by atoms with Gasteiger partial charge in [0, 0.05) is 12.3 Å². The molecule has 0 bridgehead atoms. The minimum atomic E-state index is 0.0385. The van der Waals surface area contributed by atoms with E-state index in [0.29, 0.717) is 11.8 Å². The van der Waals surface area contributed by atoms with Gasteiger partial charge in [-0.3, -0.25) is 0 Å². The molecule has 1 aliphatic heterocycles. The number of rotatable bonds is 4. The smallest absolute Gasteiger partial charge is 0.231 e. The fraction of sp³-hybridized carbons (Fsp3) is 0.286. The second kappa shape index (κ2) is 5.24. The molecule has 1 atom stereocenters. The van der Waals surface area contributed by atoms with Crippen LogP contribution < -0.4 is 19.5 Å². The second-order valence-electron chi connectivity index (χ2n) is 4.40. The van der Waals surface area contributed by atoms with Crippen LogP contribution >= 0.6 is 0 Å². The molecule has 20 heavy (non-hydrogen) atoms. The molecule has 1 N–H and O–H groups in total. The van der Waals surface area contributed by atoms with Crippen molar-refractivity contribution in [1.29, 1.82) is 0 Å². The number of methoxy groups -OCH3 is 1. The molecule has 0 saturated heterocycles. The second-order valence-corrected chi connectivity index (χ2v) is 4.40. The molecular formula is C14H15N3O3. The van der Waals surface area contributed by atoms with E-state index in [1.165, 1.54) is 0 Å². The Balaban J connectivity index is 1.77. The van der Waals surface area contributed by atoms with Gasteiger partial charge < -0.3 is 19.5 Å². The van der Waals surface area contributed by atoms with Crippen molar-refractivity contribution in [3.05, 3.63) is 36.0 Å². The van der Waals surface area contributed by atoms with Crippen LogP contribution in [0.3, 0.4) is 0 Å². The van der Waals surface area contributed by atoms with Crippen LogP contribution in [0.2, 0.25) is 0 Å². The number of ether oxygens (including phenoxy) is 3. The summed E-state index contributed by atoms with van der Waals surface area (Å²) in [7, 11) is 1.58. The first kappa shape index (κ1) is 12.5. The minimum absolute atomic E-state index is 0.0385. The van der Waals surface area contributed by atoms with E-state index in [4.69, 9.17) is 14.2 Å². The van der Waals surface area contributed by atoms with Crippen molar-refractivity contribution in [2.24, 2.45) is 0 Å². The Morgan fingerprint density at radius 2 is 2.10 bits per heavy atom. The zero-order chi connectivity index (χ0) is 13.9. The van der Waals surface area contributed by atoms with Gasteiger partial charge in [0.1, 0.15) is 0 Å². The van der Waals surface area contributed by atoms with Gasteiger partial charge in [-0.2, -0.15) is 4.98 Å². The van der Waals surface area contributed by atoms with Crippen molar-refractivity contribution in [2.75, 3.05) is 19.2 Å². The lowest BCUT2D eigenvalue weighted by Gasteiger charge is -2.14. The maximum atomic E-state index is 5.37. The van der Waals surface area contributed by atoms with Crippen LogP contribution in [0.15, 0.2) is 30.5 Å². The fourth-order valence-corrected chi connectivity index (χ4v) is 1.98. The van der Waals surface area contributed by atoms with Gasteiger partial charge in [0.2, 0.25) is 18.6 Å². The lowest BCUT2D eigenvalue weighted by molar-refractivity contribution is 0.174. The molecule has 1 aliphatic rings. The highest BCUT2D eigenvalue weighted by Crippen LogP contribution is 2.34. The van der Waals surface area contributed by atoms with E-state index in [0.717, 1.165) is 17.1 Å². The molecule has 1 unspecified atom stereocenters. The Morgan fingerprint density at radius 1 is 1.25 bits per heavy atom. The van der Waals surface area contributed by atoms with E-state index in [9.17, 15) is 0 Å². The highest BCUT2D eigenvalue weighted by atomic mass is 16.7. The number of nitrogens with zero attached hydrogens (tertiary/aromatic N) is 2. The van der Waals surface area contributed by atoms with Crippen molar-refractivity contribution in [1.82, 2.24) is 9.97 Å². The lowest BCUT2D eigenvalue weighted by Crippen LogP contribution is -2.09. The van der Waals surface area contributed by atoms with Gasteiger partial charge in [-0.25, -0.2) is 4.98 Å². The summed E-state index contributed by atoms with van der Waals surface area (Å²) in [6.07, 6.45) is 1.65. The summed E-state index contributed by atoms with van der Waals surface area (Å²) in [6, 6.07) is 7.60. The third kappa shape index (κ3) is 2.45. The molecule has 6 heteroatoms.